The highest BCUT2D eigenvalue weighted by Crippen LogP contribution is 2.34. The van der Waals surface area contributed by atoms with Crippen LogP contribution >= 0.6 is 0 Å². The number of aromatic amines is 1. The van der Waals surface area contributed by atoms with Gasteiger partial charge in [0.05, 0.1) is 5.52 Å². The number of hydrogen-bond acceptors (Lipinski definition) is 4. The van der Waals surface area contributed by atoms with E-state index >= 15 is 0 Å². The van der Waals surface area contributed by atoms with Gasteiger partial charge >= 0.3 is 5.69 Å². The molecule has 2 aromatic carbocycles. The van der Waals surface area contributed by atoms with Crippen molar-refractivity contribution in [3.05, 3.63) is 58.5 Å². The molecule has 0 amide bonds. The molecule has 0 saturated carbocycles. The lowest BCUT2D eigenvalue weighted by molar-refractivity contribution is 0.452. The minimum Gasteiger partial charge on any atom is -0.508 e. The summed E-state index contributed by atoms with van der Waals surface area (Å²) in [5.74, 6) is 0.0124. The molecular weight excluding hydrogens is 294 g/mol. The van der Waals surface area contributed by atoms with E-state index < -0.39 is 0 Å². The second-order valence-electron chi connectivity index (χ2n) is 5.48. The van der Waals surface area contributed by atoms with Gasteiger partial charge in [-0.05, 0) is 48.4 Å². The summed E-state index contributed by atoms with van der Waals surface area (Å²) in [5.41, 5.74) is 3.43. The average Bonchev–Trinajstić information content (AvgIpc) is 2.88. The number of rotatable bonds is 1. The van der Waals surface area contributed by atoms with E-state index in [0.717, 1.165) is 22.0 Å². The third-order valence-electron chi connectivity index (χ3n) is 4.00. The maximum absolute atomic E-state index is 11.9. The van der Waals surface area contributed by atoms with Crippen molar-refractivity contribution in [3.63, 3.8) is 0 Å². The van der Waals surface area contributed by atoms with Crippen molar-refractivity contribution in [3.8, 4) is 22.6 Å². The molecule has 0 atom stereocenters. The Bertz CT molecular complexity index is 1130. The molecule has 4 aromatic rings. The maximum atomic E-state index is 11.9. The Morgan fingerprint density at radius 1 is 1.09 bits per heavy atom. The molecule has 3 N–H and O–H groups in total. The van der Waals surface area contributed by atoms with Crippen LogP contribution in [0.2, 0.25) is 0 Å². The number of aromatic hydroxyl groups is 2. The number of H-pyrrole nitrogens is 1. The van der Waals surface area contributed by atoms with Gasteiger partial charge in [-0.15, -0.1) is 0 Å². The van der Waals surface area contributed by atoms with Gasteiger partial charge in [0, 0.05) is 17.0 Å². The first-order chi connectivity index (χ1) is 11.0. The van der Waals surface area contributed by atoms with Crippen molar-refractivity contribution in [2.24, 2.45) is 0 Å². The Labute approximate surface area is 130 Å². The average molecular weight is 307 g/mol. The number of hydrogen-bond donors (Lipinski definition) is 3. The number of phenols is 2. The number of benzene rings is 2. The van der Waals surface area contributed by atoms with E-state index in [0.29, 0.717) is 11.2 Å². The van der Waals surface area contributed by atoms with Gasteiger partial charge in [0.15, 0.2) is 5.65 Å². The number of fused-ring (bicyclic) bond motifs is 3. The molecule has 0 aliphatic heterocycles. The quantitative estimate of drug-likeness (QED) is 0.504. The second kappa shape index (κ2) is 4.61. The van der Waals surface area contributed by atoms with Crippen molar-refractivity contribution in [2.45, 2.75) is 6.92 Å². The lowest BCUT2D eigenvalue weighted by atomic mass is 10.0. The molecule has 6 heteroatoms. The lowest BCUT2D eigenvalue weighted by Crippen LogP contribution is -2.10. The Morgan fingerprint density at radius 3 is 2.70 bits per heavy atom. The first kappa shape index (κ1) is 13.4. The summed E-state index contributed by atoms with van der Waals surface area (Å²) >= 11 is 0. The van der Waals surface area contributed by atoms with Crippen LogP contribution in [0.4, 0.5) is 0 Å². The van der Waals surface area contributed by atoms with E-state index in [4.69, 9.17) is 0 Å². The Kier molecular flexibility index (Phi) is 2.68. The van der Waals surface area contributed by atoms with Crippen LogP contribution in [0.1, 0.15) is 5.56 Å². The zero-order valence-corrected chi connectivity index (χ0v) is 12.2. The molecule has 0 aliphatic rings. The fourth-order valence-electron chi connectivity index (χ4n) is 2.89. The van der Waals surface area contributed by atoms with Crippen LogP contribution in [0.3, 0.4) is 0 Å². The van der Waals surface area contributed by atoms with Gasteiger partial charge in [-0.2, -0.15) is 5.10 Å². The molecule has 0 fully saturated rings. The van der Waals surface area contributed by atoms with Gasteiger partial charge in [0.1, 0.15) is 11.5 Å². The maximum Gasteiger partial charge on any atom is 0.348 e. The fraction of sp³-hybridized carbons (Fsp3) is 0.0588. The van der Waals surface area contributed by atoms with Crippen molar-refractivity contribution >= 4 is 16.6 Å². The Morgan fingerprint density at radius 2 is 1.91 bits per heavy atom. The molecule has 114 valence electrons. The van der Waals surface area contributed by atoms with Crippen molar-refractivity contribution in [1.82, 2.24) is 14.6 Å². The van der Waals surface area contributed by atoms with Gasteiger partial charge in [0.25, 0.3) is 0 Å². The number of nitrogens with one attached hydrogen (secondary N) is 1. The number of phenolic OH excluding ortho intramolecular Hbond substituents is 2. The second-order valence-corrected chi connectivity index (χ2v) is 5.48. The molecule has 2 heterocycles. The minimum absolute atomic E-state index is 0.00330. The summed E-state index contributed by atoms with van der Waals surface area (Å²) in [5, 5.41) is 26.8. The molecule has 0 aliphatic carbocycles. The van der Waals surface area contributed by atoms with E-state index in [9.17, 15) is 15.0 Å². The molecule has 0 unspecified atom stereocenters. The van der Waals surface area contributed by atoms with Crippen LogP contribution in [0.5, 0.6) is 11.5 Å². The van der Waals surface area contributed by atoms with Crippen LogP contribution in [0, 0.1) is 6.92 Å². The van der Waals surface area contributed by atoms with E-state index in [1.807, 2.05) is 31.2 Å². The molecule has 0 spiro atoms. The van der Waals surface area contributed by atoms with Crippen LogP contribution < -0.4 is 5.69 Å². The summed E-state index contributed by atoms with van der Waals surface area (Å²) in [6.45, 7) is 1.95. The molecule has 0 radical (unpaired) electrons. The van der Waals surface area contributed by atoms with Gasteiger partial charge < -0.3 is 10.2 Å². The number of nitrogens with zero attached hydrogens (tertiary/aromatic N) is 2. The van der Waals surface area contributed by atoms with Crippen LogP contribution in [-0.2, 0) is 0 Å². The lowest BCUT2D eigenvalue weighted by Gasteiger charge is -2.09. The summed E-state index contributed by atoms with van der Waals surface area (Å²) in [6, 6.07) is 11.9. The number of aromatic nitrogens is 3. The zero-order valence-electron chi connectivity index (χ0n) is 12.2. The Hall–Kier alpha value is -3.28. The first-order valence-corrected chi connectivity index (χ1v) is 7.07. The standard InChI is InChI=1S/C17H13N3O3/c1-9-6-16-18-19-17(23)20(16)14-5-2-10(7-13(9)14)12-4-3-11(21)8-15(12)22/h2-8,21-22H,1H3,(H,19,23). The SMILES string of the molecule is Cc1cc2n[nH]c(=O)n2c2ccc(-c3ccc(O)cc3O)cc12. The first-order valence-electron chi connectivity index (χ1n) is 7.07. The van der Waals surface area contributed by atoms with Crippen molar-refractivity contribution in [1.29, 1.82) is 0 Å². The van der Waals surface area contributed by atoms with Gasteiger partial charge in [-0.25, -0.2) is 14.3 Å². The largest absolute Gasteiger partial charge is 0.508 e. The fourth-order valence-corrected chi connectivity index (χ4v) is 2.89. The number of aryl methyl sites for hydroxylation is 1. The molecule has 6 nitrogen and oxygen atoms in total. The summed E-state index contributed by atoms with van der Waals surface area (Å²) in [7, 11) is 0. The van der Waals surface area contributed by atoms with Gasteiger partial charge in [-0.3, -0.25) is 0 Å². The highest BCUT2D eigenvalue weighted by molar-refractivity contribution is 5.90. The predicted molar refractivity (Wildman–Crippen MR) is 86.8 cm³/mol. The van der Waals surface area contributed by atoms with Crippen LogP contribution in [0.15, 0.2) is 47.3 Å². The summed E-state index contributed by atoms with van der Waals surface area (Å²) in [4.78, 5) is 11.9. The minimum atomic E-state index is -0.287. The third-order valence-corrected chi connectivity index (χ3v) is 4.00. The summed E-state index contributed by atoms with van der Waals surface area (Å²) < 4.78 is 1.52. The molecular formula is C17H13N3O3. The monoisotopic (exact) mass is 307 g/mol. The van der Waals surface area contributed by atoms with E-state index in [-0.39, 0.29) is 17.2 Å². The molecule has 0 bridgehead atoms. The predicted octanol–water partition coefficient (Wildman–Crippen LogP) is 2.56. The number of pyridine rings is 1. The zero-order chi connectivity index (χ0) is 16.1. The van der Waals surface area contributed by atoms with Crippen molar-refractivity contribution in [2.75, 3.05) is 0 Å². The normalized spacial score (nSPS) is 11.3. The molecule has 4 rings (SSSR count). The topological polar surface area (TPSA) is 90.6 Å². The van der Waals surface area contributed by atoms with Crippen molar-refractivity contribution < 1.29 is 10.2 Å². The third kappa shape index (κ3) is 1.96. The van der Waals surface area contributed by atoms with E-state index in [1.165, 1.54) is 16.5 Å². The molecule has 23 heavy (non-hydrogen) atoms. The highest BCUT2D eigenvalue weighted by Gasteiger charge is 2.11. The summed E-state index contributed by atoms with van der Waals surface area (Å²) in [6.07, 6.45) is 0. The molecule has 0 saturated heterocycles. The van der Waals surface area contributed by atoms with Gasteiger partial charge in [0.2, 0.25) is 0 Å². The highest BCUT2D eigenvalue weighted by atomic mass is 16.3. The van der Waals surface area contributed by atoms with Gasteiger partial charge in [-0.1, -0.05) is 6.07 Å². The Balaban J connectivity index is 2.05. The van der Waals surface area contributed by atoms with Crippen LogP contribution in [-0.4, -0.2) is 24.8 Å². The van der Waals surface area contributed by atoms with E-state index in [2.05, 4.69) is 10.2 Å². The van der Waals surface area contributed by atoms with E-state index in [1.54, 1.807) is 6.07 Å². The smallest absolute Gasteiger partial charge is 0.348 e. The molecule has 2 aromatic heterocycles. The van der Waals surface area contributed by atoms with Crippen LogP contribution in [0.25, 0.3) is 27.7 Å².